The first kappa shape index (κ1) is 10.7. The monoisotopic (exact) mass is 207 g/mol. The Bertz CT molecular complexity index is 243. The van der Waals surface area contributed by atoms with Crippen molar-refractivity contribution in [2.24, 2.45) is 5.73 Å². The van der Waals surface area contributed by atoms with Crippen LogP contribution in [0.15, 0.2) is 0 Å². The molecule has 0 aromatic heterocycles. The minimum Gasteiger partial charge on any atom is -0.370 e. The van der Waals surface area contributed by atoms with Crippen LogP contribution in [0.25, 0.3) is 0 Å². The molecule has 5 nitrogen and oxygen atoms in total. The second-order valence-corrected chi connectivity index (χ2v) is 5.23. The van der Waals surface area contributed by atoms with Crippen molar-refractivity contribution in [3.05, 3.63) is 0 Å². The van der Waals surface area contributed by atoms with Crippen molar-refractivity contribution in [2.45, 2.75) is 25.9 Å². The Morgan fingerprint density at radius 3 is 2.92 bits per heavy atom. The van der Waals surface area contributed by atoms with Crippen LogP contribution in [0.3, 0.4) is 0 Å². The lowest BCUT2D eigenvalue weighted by Crippen LogP contribution is -2.20. The van der Waals surface area contributed by atoms with E-state index < -0.39 is 13.5 Å². The molecule has 0 radical (unpaired) electrons. The summed E-state index contributed by atoms with van der Waals surface area (Å²) in [6.45, 7) is 2.26. The maximum absolute atomic E-state index is 11.7. The predicted octanol–water partition coefficient (Wildman–Crippen LogP) is 0.880. The van der Waals surface area contributed by atoms with E-state index in [0.29, 0.717) is 6.61 Å². The Morgan fingerprint density at radius 2 is 2.38 bits per heavy atom. The highest BCUT2D eigenvalue weighted by Gasteiger charge is 2.31. The van der Waals surface area contributed by atoms with E-state index >= 15 is 0 Å². The molecule has 2 unspecified atom stereocenters. The zero-order chi connectivity index (χ0) is 9.90. The molecule has 1 aliphatic rings. The van der Waals surface area contributed by atoms with E-state index in [1.165, 1.54) is 0 Å². The van der Waals surface area contributed by atoms with Crippen LogP contribution in [0.5, 0.6) is 0 Å². The van der Waals surface area contributed by atoms with Crippen molar-refractivity contribution in [2.75, 3.05) is 12.8 Å². The number of primary amides is 1. The molecule has 76 valence electrons. The fourth-order valence-corrected chi connectivity index (χ4v) is 2.91. The van der Waals surface area contributed by atoms with E-state index in [9.17, 15) is 9.36 Å². The van der Waals surface area contributed by atoms with Crippen molar-refractivity contribution in [3.63, 3.8) is 0 Å². The number of carbonyl (C=O) groups excluding carboxylic acids is 1. The third-order valence-electron chi connectivity index (χ3n) is 1.78. The van der Waals surface area contributed by atoms with Gasteiger partial charge in [0, 0.05) is 6.42 Å². The first-order valence-electron chi connectivity index (χ1n) is 4.22. The van der Waals surface area contributed by atoms with E-state index in [-0.39, 0.29) is 18.7 Å². The summed E-state index contributed by atoms with van der Waals surface area (Å²) < 4.78 is 21.9. The van der Waals surface area contributed by atoms with Gasteiger partial charge in [0.2, 0.25) is 5.91 Å². The van der Waals surface area contributed by atoms with Gasteiger partial charge >= 0.3 is 7.60 Å². The van der Waals surface area contributed by atoms with Crippen molar-refractivity contribution in [1.82, 2.24) is 0 Å². The SMILES string of the molecule is CC1CCOP(=O)(CCC(N)=O)O1. The lowest BCUT2D eigenvalue weighted by atomic mass is 10.3. The van der Waals surface area contributed by atoms with Gasteiger partial charge in [-0.15, -0.1) is 0 Å². The Hall–Kier alpha value is -0.380. The maximum atomic E-state index is 11.7. The number of hydrogen-bond acceptors (Lipinski definition) is 4. The Labute approximate surface area is 77.1 Å². The Balaban J connectivity index is 2.45. The third kappa shape index (κ3) is 3.46. The van der Waals surface area contributed by atoms with Gasteiger partial charge in [-0.1, -0.05) is 0 Å². The summed E-state index contributed by atoms with van der Waals surface area (Å²) in [7, 11) is -3.02. The van der Waals surface area contributed by atoms with E-state index in [1.807, 2.05) is 6.92 Å². The molecule has 2 N–H and O–H groups in total. The summed E-state index contributed by atoms with van der Waals surface area (Å²) in [4.78, 5) is 10.5. The fourth-order valence-electron chi connectivity index (χ4n) is 1.08. The number of hydrogen-bond donors (Lipinski definition) is 1. The van der Waals surface area contributed by atoms with Crippen molar-refractivity contribution in [3.8, 4) is 0 Å². The minimum atomic E-state index is -3.02. The van der Waals surface area contributed by atoms with Crippen LogP contribution >= 0.6 is 7.60 Å². The zero-order valence-corrected chi connectivity index (χ0v) is 8.46. The van der Waals surface area contributed by atoms with E-state index in [2.05, 4.69) is 0 Å². The molecule has 13 heavy (non-hydrogen) atoms. The lowest BCUT2D eigenvalue weighted by Gasteiger charge is -2.27. The normalized spacial score (nSPS) is 34.4. The van der Waals surface area contributed by atoms with Crippen LogP contribution in [-0.4, -0.2) is 24.8 Å². The van der Waals surface area contributed by atoms with E-state index in [0.717, 1.165) is 6.42 Å². The van der Waals surface area contributed by atoms with Crippen LogP contribution in [-0.2, 0) is 18.4 Å². The summed E-state index contributed by atoms with van der Waals surface area (Å²) in [5, 5.41) is 0. The van der Waals surface area contributed by atoms with Gasteiger partial charge in [-0.05, 0) is 13.3 Å². The average molecular weight is 207 g/mol. The van der Waals surface area contributed by atoms with Crippen molar-refractivity contribution >= 4 is 13.5 Å². The smallest absolute Gasteiger partial charge is 0.331 e. The van der Waals surface area contributed by atoms with Gasteiger partial charge in [-0.2, -0.15) is 0 Å². The van der Waals surface area contributed by atoms with E-state index in [4.69, 9.17) is 14.8 Å². The number of nitrogens with two attached hydrogens (primary N) is 1. The van der Waals surface area contributed by atoms with Gasteiger partial charge in [-0.3, -0.25) is 9.36 Å². The molecule has 0 aromatic rings. The van der Waals surface area contributed by atoms with Crippen LogP contribution in [0.1, 0.15) is 19.8 Å². The highest BCUT2D eigenvalue weighted by molar-refractivity contribution is 7.53. The molecule has 1 amide bonds. The summed E-state index contributed by atoms with van der Waals surface area (Å²) in [6.07, 6.45) is 0.810. The highest BCUT2D eigenvalue weighted by Crippen LogP contribution is 2.52. The predicted molar refractivity (Wildman–Crippen MR) is 47.4 cm³/mol. The van der Waals surface area contributed by atoms with Gasteiger partial charge in [-0.25, -0.2) is 0 Å². The molecular weight excluding hydrogens is 193 g/mol. The number of carbonyl (C=O) groups is 1. The molecule has 0 bridgehead atoms. The number of rotatable bonds is 3. The standard InChI is InChI=1S/C7H14NO4P/c1-6-2-4-11-13(10,12-6)5-3-7(8)9/h6H,2-5H2,1H3,(H2,8,9). The molecule has 1 saturated heterocycles. The molecular formula is C7H14NO4P. The quantitative estimate of drug-likeness (QED) is 0.696. The molecule has 1 rings (SSSR count). The van der Waals surface area contributed by atoms with E-state index in [1.54, 1.807) is 0 Å². The fraction of sp³-hybridized carbons (Fsp3) is 0.857. The minimum absolute atomic E-state index is 0.0456. The molecule has 2 atom stereocenters. The van der Waals surface area contributed by atoms with Gasteiger partial charge in [0.15, 0.2) is 0 Å². The van der Waals surface area contributed by atoms with Crippen LogP contribution in [0, 0.1) is 0 Å². The van der Waals surface area contributed by atoms with Gasteiger partial charge in [0.25, 0.3) is 0 Å². The number of amides is 1. The summed E-state index contributed by atoms with van der Waals surface area (Å²) in [6, 6.07) is 0. The average Bonchev–Trinajstić information content (AvgIpc) is 2.01. The van der Waals surface area contributed by atoms with Crippen LogP contribution in [0.2, 0.25) is 0 Å². The maximum Gasteiger partial charge on any atom is 0.331 e. The molecule has 0 saturated carbocycles. The molecule has 1 aliphatic heterocycles. The zero-order valence-electron chi connectivity index (χ0n) is 7.56. The highest BCUT2D eigenvalue weighted by atomic mass is 31.2. The Kier molecular flexibility index (Phi) is 3.47. The topological polar surface area (TPSA) is 78.6 Å². The third-order valence-corrected chi connectivity index (χ3v) is 3.81. The van der Waals surface area contributed by atoms with Crippen molar-refractivity contribution in [1.29, 1.82) is 0 Å². The molecule has 1 heterocycles. The summed E-state index contributed by atoms with van der Waals surface area (Å²) >= 11 is 0. The molecule has 0 spiro atoms. The second-order valence-electron chi connectivity index (χ2n) is 3.09. The summed E-state index contributed by atoms with van der Waals surface area (Å²) in [5.41, 5.74) is 4.93. The molecule has 0 aliphatic carbocycles. The first-order chi connectivity index (χ1) is 6.02. The first-order valence-corrected chi connectivity index (χ1v) is 5.95. The largest absolute Gasteiger partial charge is 0.370 e. The van der Waals surface area contributed by atoms with Crippen LogP contribution in [0.4, 0.5) is 0 Å². The van der Waals surface area contributed by atoms with Gasteiger partial charge in [0.05, 0.1) is 18.9 Å². The molecule has 1 fully saturated rings. The second kappa shape index (κ2) is 4.22. The summed E-state index contributed by atoms with van der Waals surface area (Å²) in [5.74, 6) is -0.486. The van der Waals surface area contributed by atoms with Crippen LogP contribution < -0.4 is 5.73 Å². The Morgan fingerprint density at radius 1 is 1.69 bits per heavy atom. The molecule has 6 heteroatoms. The lowest BCUT2D eigenvalue weighted by molar-refractivity contribution is -0.117. The van der Waals surface area contributed by atoms with Gasteiger partial charge < -0.3 is 14.8 Å². The van der Waals surface area contributed by atoms with Gasteiger partial charge in [0.1, 0.15) is 0 Å². The van der Waals surface area contributed by atoms with Crippen molar-refractivity contribution < 1.29 is 18.4 Å². The molecule has 0 aromatic carbocycles.